The molecule has 0 aromatic heterocycles. The Bertz CT molecular complexity index is 1730. The summed E-state index contributed by atoms with van der Waals surface area (Å²) in [6.45, 7) is 0.840. The van der Waals surface area contributed by atoms with E-state index in [2.05, 4.69) is 10.0 Å². The van der Waals surface area contributed by atoms with E-state index in [1.165, 1.54) is 5.01 Å². The number of carbonyl (C=O) groups excluding carboxylic acids is 3. The lowest BCUT2D eigenvalue weighted by Gasteiger charge is -2.46. The van der Waals surface area contributed by atoms with Gasteiger partial charge < -0.3 is 24.4 Å². The van der Waals surface area contributed by atoms with Gasteiger partial charge in [0, 0.05) is 43.5 Å². The summed E-state index contributed by atoms with van der Waals surface area (Å²) in [6.07, 6.45) is -0.336. The lowest BCUT2D eigenvalue weighted by molar-refractivity contribution is -0.157. The number of fused-ring (bicyclic) bond motifs is 2. The number of carbonyl (C=O) groups is 3. The Morgan fingerprint density at radius 3 is 2.40 bits per heavy atom. The molecule has 2 saturated heterocycles. The van der Waals surface area contributed by atoms with E-state index in [0.29, 0.717) is 18.8 Å². The van der Waals surface area contributed by atoms with E-state index in [1.54, 1.807) is 46.1 Å². The standard InChI is InChI=1S/C33H34N6O5S/c1-36(33(42)34-19-24-8-3-2-4-9-24)38-22-31(40)39-29(18-23-14-16-27(17-15-23)35-45(43)44)32(41)37(21-30(38)39)20-26-12-7-11-25-10-5-6-13-28(25)26/h2-17,29-30,35H,18-22H2,1H3,(H,34,42)(H,43,44)/p-1/t29-,30+/m0/s1. The molecule has 4 amide bonds. The van der Waals surface area contributed by atoms with Crippen LogP contribution in [0.5, 0.6) is 0 Å². The summed E-state index contributed by atoms with van der Waals surface area (Å²) in [5, 5.41) is 8.18. The average Bonchev–Trinajstić information content (AvgIpc) is 3.38. The van der Waals surface area contributed by atoms with Gasteiger partial charge in [-0.15, -0.1) is 0 Å². The molecule has 0 saturated carbocycles. The lowest BCUT2D eigenvalue weighted by atomic mass is 9.99. The van der Waals surface area contributed by atoms with Crippen LogP contribution < -0.4 is 10.0 Å². The number of anilines is 1. The van der Waals surface area contributed by atoms with Crippen LogP contribution in [0.3, 0.4) is 0 Å². The average molecular weight is 626 g/mol. The molecule has 232 valence electrons. The predicted octanol–water partition coefficient (Wildman–Crippen LogP) is 3.23. The van der Waals surface area contributed by atoms with Gasteiger partial charge in [-0.25, -0.2) is 4.79 Å². The van der Waals surface area contributed by atoms with Crippen molar-refractivity contribution in [3.05, 3.63) is 114 Å². The first-order valence-corrected chi connectivity index (χ1v) is 15.7. The monoisotopic (exact) mass is 625 g/mol. The third kappa shape index (κ3) is 6.53. The molecular formula is C33H33N6O5S-. The Kier molecular flexibility index (Phi) is 8.78. The van der Waals surface area contributed by atoms with Gasteiger partial charge in [-0.05, 0) is 39.6 Å². The number of amides is 4. The fourth-order valence-electron chi connectivity index (χ4n) is 6.12. The van der Waals surface area contributed by atoms with Crippen LogP contribution in [0.25, 0.3) is 10.8 Å². The molecule has 2 aliphatic rings. The third-order valence-corrected chi connectivity index (χ3v) is 8.76. The van der Waals surface area contributed by atoms with Crippen LogP contribution in [-0.2, 0) is 40.4 Å². The van der Waals surface area contributed by atoms with Gasteiger partial charge in [0.1, 0.15) is 12.2 Å². The minimum absolute atomic E-state index is 0.0516. The van der Waals surface area contributed by atoms with Crippen LogP contribution in [0.2, 0.25) is 0 Å². The molecule has 4 aromatic rings. The highest BCUT2D eigenvalue weighted by Gasteiger charge is 2.51. The summed E-state index contributed by atoms with van der Waals surface area (Å²) in [6, 6.07) is 29.1. The number of piperazine rings is 1. The van der Waals surface area contributed by atoms with E-state index in [4.69, 9.17) is 0 Å². The Morgan fingerprint density at radius 2 is 1.64 bits per heavy atom. The van der Waals surface area contributed by atoms with Crippen LogP contribution in [-0.4, -0.2) is 78.8 Å². The van der Waals surface area contributed by atoms with Crippen LogP contribution in [0.15, 0.2) is 97.1 Å². The number of nitrogens with zero attached hydrogens (tertiary/aromatic N) is 4. The Labute approximate surface area is 263 Å². The minimum Gasteiger partial charge on any atom is -0.755 e. The predicted molar refractivity (Wildman–Crippen MR) is 170 cm³/mol. The third-order valence-electron chi connectivity index (χ3n) is 8.36. The number of urea groups is 1. The SMILES string of the molecule is CN(C(=O)NCc1ccccc1)N1CC(=O)N2[C@@H](Cc3ccc(NS(=O)[O-])cc3)C(=O)N(Cc3cccc4ccccc34)C[C@@H]21. The minimum atomic E-state index is -2.46. The second-order valence-corrected chi connectivity index (χ2v) is 11.8. The van der Waals surface area contributed by atoms with Crippen molar-refractivity contribution in [2.75, 3.05) is 24.9 Å². The van der Waals surface area contributed by atoms with Gasteiger partial charge in [0.2, 0.25) is 11.8 Å². The molecular weight excluding hydrogens is 592 g/mol. The number of hydrogen-bond acceptors (Lipinski definition) is 6. The first kappa shape index (κ1) is 30.3. The number of hydrogen-bond donors (Lipinski definition) is 2. The fourth-order valence-corrected chi connectivity index (χ4v) is 6.45. The van der Waals surface area contributed by atoms with Crippen molar-refractivity contribution in [3.8, 4) is 0 Å². The van der Waals surface area contributed by atoms with Crippen molar-refractivity contribution in [2.24, 2.45) is 0 Å². The molecule has 45 heavy (non-hydrogen) atoms. The summed E-state index contributed by atoms with van der Waals surface area (Å²) in [4.78, 5) is 44.4. The molecule has 2 N–H and O–H groups in total. The fraction of sp³-hybridized carbons (Fsp3) is 0.242. The van der Waals surface area contributed by atoms with Gasteiger partial charge >= 0.3 is 6.03 Å². The van der Waals surface area contributed by atoms with Crippen molar-refractivity contribution >= 4 is 45.6 Å². The molecule has 0 aliphatic carbocycles. The molecule has 6 rings (SSSR count). The van der Waals surface area contributed by atoms with Crippen molar-refractivity contribution in [1.29, 1.82) is 0 Å². The molecule has 2 heterocycles. The largest absolute Gasteiger partial charge is 0.755 e. The zero-order valence-electron chi connectivity index (χ0n) is 24.7. The normalized spacial score (nSPS) is 19.0. The van der Waals surface area contributed by atoms with E-state index >= 15 is 0 Å². The summed E-state index contributed by atoms with van der Waals surface area (Å²) < 4.78 is 24.4. The molecule has 11 nitrogen and oxygen atoms in total. The first-order chi connectivity index (χ1) is 21.8. The maximum absolute atomic E-state index is 14.2. The molecule has 2 aliphatic heterocycles. The summed E-state index contributed by atoms with van der Waals surface area (Å²) in [5.41, 5.74) is 3.09. The van der Waals surface area contributed by atoms with Crippen molar-refractivity contribution in [1.82, 2.24) is 25.1 Å². The number of rotatable bonds is 9. The van der Waals surface area contributed by atoms with Gasteiger partial charge in [0.25, 0.3) is 0 Å². The van der Waals surface area contributed by atoms with E-state index in [9.17, 15) is 23.1 Å². The van der Waals surface area contributed by atoms with Gasteiger partial charge in [-0.1, -0.05) is 84.9 Å². The lowest BCUT2D eigenvalue weighted by Crippen LogP contribution is -2.65. The second-order valence-electron chi connectivity index (χ2n) is 11.2. The molecule has 3 atom stereocenters. The summed E-state index contributed by atoms with van der Waals surface area (Å²) in [5.74, 6) is -0.431. The van der Waals surface area contributed by atoms with E-state index < -0.39 is 23.5 Å². The zero-order valence-corrected chi connectivity index (χ0v) is 25.5. The van der Waals surface area contributed by atoms with Crippen molar-refractivity contribution in [2.45, 2.75) is 31.7 Å². The maximum atomic E-state index is 14.2. The zero-order chi connectivity index (χ0) is 31.5. The van der Waals surface area contributed by atoms with Gasteiger partial charge in [0.15, 0.2) is 0 Å². The molecule has 0 radical (unpaired) electrons. The van der Waals surface area contributed by atoms with E-state index in [-0.39, 0.29) is 37.4 Å². The smallest absolute Gasteiger partial charge is 0.332 e. The van der Waals surface area contributed by atoms with Gasteiger partial charge in [0.05, 0.1) is 13.1 Å². The van der Waals surface area contributed by atoms with Crippen LogP contribution >= 0.6 is 0 Å². The number of benzene rings is 4. The molecule has 0 bridgehead atoms. The van der Waals surface area contributed by atoms with Crippen molar-refractivity contribution in [3.63, 3.8) is 0 Å². The number of nitrogens with one attached hydrogen (secondary N) is 2. The first-order valence-electron chi connectivity index (χ1n) is 14.6. The van der Waals surface area contributed by atoms with Crippen LogP contribution in [0.4, 0.5) is 10.5 Å². The number of hydrazine groups is 1. The highest BCUT2D eigenvalue weighted by Crippen LogP contribution is 2.31. The molecule has 0 spiro atoms. The second kappa shape index (κ2) is 13.1. The summed E-state index contributed by atoms with van der Waals surface area (Å²) in [7, 11) is 1.63. The highest BCUT2D eigenvalue weighted by molar-refractivity contribution is 7.80. The molecule has 1 unspecified atom stereocenters. The quantitative estimate of drug-likeness (QED) is 0.275. The maximum Gasteiger partial charge on any atom is 0.332 e. The summed E-state index contributed by atoms with van der Waals surface area (Å²) >= 11 is -2.46. The Balaban J connectivity index is 1.28. The van der Waals surface area contributed by atoms with E-state index in [1.807, 2.05) is 72.8 Å². The molecule has 4 aromatic carbocycles. The van der Waals surface area contributed by atoms with Crippen LogP contribution in [0.1, 0.15) is 16.7 Å². The highest BCUT2D eigenvalue weighted by atomic mass is 32.2. The topological polar surface area (TPSA) is 128 Å². The van der Waals surface area contributed by atoms with E-state index in [0.717, 1.165) is 27.5 Å². The van der Waals surface area contributed by atoms with Crippen molar-refractivity contribution < 1.29 is 23.1 Å². The van der Waals surface area contributed by atoms with Gasteiger partial charge in [-0.3, -0.25) is 18.8 Å². The Hall–Kier alpha value is -4.78. The van der Waals surface area contributed by atoms with Crippen LogP contribution in [0, 0.1) is 0 Å². The molecule has 2 fully saturated rings. The Morgan fingerprint density at radius 1 is 0.933 bits per heavy atom. The molecule has 12 heteroatoms. The van der Waals surface area contributed by atoms with Gasteiger partial charge in [-0.2, -0.15) is 5.01 Å².